The van der Waals surface area contributed by atoms with E-state index in [1.54, 1.807) is 0 Å². The molecule has 148 valence electrons. The zero-order valence-corrected chi connectivity index (χ0v) is 16.2. The number of urea groups is 1. The Morgan fingerprint density at radius 3 is 2.89 bits per heavy atom. The molecular formula is C17H28N8O2. The van der Waals surface area contributed by atoms with Crippen LogP contribution < -0.4 is 16.0 Å². The third-order valence-electron chi connectivity index (χ3n) is 4.61. The summed E-state index contributed by atoms with van der Waals surface area (Å²) in [5.41, 5.74) is 0. The van der Waals surface area contributed by atoms with E-state index in [-0.39, 0.29) is 31.1 Å². The van der Waals surface area contributed by atoms with E-state index in [4.69, 9.17) is 0 Å². The highest BCUT2D eigenvalue weighted by atomic mass is 16.2. The average Bonchev–Trinajstić information content (AvgIpc) is 3.19. The number of aromatic nitrogens is 3. The first-order valence-corrected chi connectivity index (χ1v) is 9.54. The predicted octanol–water partition coefficient (Wildman–Crippen LogP) is -0.177. The van der Waals surface area contributed by atoms with Gasteiger partial charge in [0.05, 0.1) is 26.2 Å². The highest BCUT2D eigenvalue weighted by Crippen LogP contribution is 2.16. The molecule has 0 aliphatic carbocycles. The zero-order valence-electron chi connectivity index (χ0n) is 16.2. The van der Waals surface area contributed by atoms with Gasteiger partial charge in [0.15, 0.2) is 11.8 Å². The maximum absolute atomic E-state index is 11.6. The van der Waals surface area contributed by atoms with Crippen molar-refractivity contribution in [1.29, 1.82) is 0 Å². The molecule has 10 nitrogen and oxygen atoms in total. The molecule has 10 heteroatoms. The summed E-state index contributed by atoms with van der Waals surface area (Å²) in [6, 6.07) is -0.145. The van der Waals surface area contributed by atoms with Gasteiger partial charge in [-0.15, -0.1) is 0 Å². The molecule has 1 aromatic heterocycles. The lowest BCUT2D eigenvalue weighted by Crippen LogP contribution is -2.47. The molecule has 3 heterocycles. The molecule has 3 N–H and O–H groups in total. The Hall–Kier alpha value is -2.65. The quantitative estimate of drug-likeness (QED) is 0.360. The molecule has 2 aliphatic heterocycles. The molecule has 0 spiro atoms. The largest absolute Gasteiger partial charge is 0.357 e. The Labute approximate surface area is 158 Å². The van der Waals surface area contributed by atoms with Crippen LogP contribution >= 0.6 is 0 Å². The summed E-state index contributed by atoms with van der Waals surface area (Å²) in [6.07, 6.45) is 1.83. The summed E-state index contributed by atoms with van der Waals surface area (Å²) in [5, 5.41) is 13.8. The van der Waals surface area contributed by atoms with E-state index in [0.717, 1.165) is 37.6 Å². The monoisotopic (exact) mass is 376 g/mol. The Bertz CT molecular complexity index is 711. The van der Waals surface area contributed by atoms with E-state index >= 15 is 0 Å². The highest BCUT2D eigenvalue weighted by Gasteiger charge is 2.28. The molecule has 1 aromatic rings. The Morgan fingerprint density at radius 2 is 2.22 bits per heavy atom. The number of amides is 3. The minimum absolute atomic E-state index is 0.0710. The van der Waals surface area contributed by atoms with Crippen molar-refractivity contribution < 1.29 is 9.59 Å². The van der Waals surface area contributed by atoms with Crippen LogP contribution in [0.15, 0.2) is 4.99 Å². The lowest BCUT2D eigenvalue weighted by atomic mass is 10.1. The van der Waals surface area contributed by atoms with Crippen molar-refractivity contribution in [3.8, 4) is 0 Å². The van der Waals surface area contributed by atoms with Crippen LogP contribution in [-0.4, -0.2) is 69.8 Å². The first kappa shape index (κ1) is 19.1. The fraction of sp³-hybridized carbons (Fsp3) is 0.706. The van der Waals surface area contributed by atoms with Crippen molar-refractivity contribution in [1.82, 2.24) is 35.6 Å². The van der Waals surface area contributed by atoms with Crippen LogP contribution in [-0.2, 0) is 17.8 Å². The second-order valence-electron chi connectivity index (χ2n) is 7.07. The molecule has 0 bridgehead atoms. The summed E-state index contributed by atoms with van der Waals surface area (Å²) in [6.45, 7) is 8.36. The van der Waals surface area contributed by atoms with Crippen molar-refractivity contribution in [2.75, 3.05) is 26.2 Å². The van der Waals surface area contributed by atoms with Crippen LogP contribution in [0.4, 0.5) is 4.79 Å². The molecule has 1 atom stereocenters. The van der Waals surface area contributed by atoms with E-state index in [2.05, 4.69) is 44.9 Å². The van der Waals surface area contributed by atoms with Crippen molar-refractivity contribution in [2.45, 2.75) is 52.1 Å². The van der Waals surface area contributed by atoms with Crippen molar-refractivity contribution >= 4 is 17.9 Å². The van der Waals surface area contributed by atoms with Gasteiger partial charge < -0.3 is 16.0 Å². The van der Waals surface area contributed by atoms with Crippen LogP contribution in [0.1, 0.15) is 44.8 Å². The van der Waals surface area contributed by atoms with Crippen LogP contribution in [0.25, 0.3) is 0 Å². The highest BCUT2D eigenvalue weighted by molar-refractivity contribution is 6.01. The van der Waals surface area contributed by atoms with E-state index in [1.807, 2.05) is 11.6 Å². The smallest absolute Gasteiger partial charge is 0.324 e. The minimum atomic E-state index is -0.347. The Kier molecular flexibility index (Phi) is 5.92. The number of hydrogen-bond acceptors (Lipinski definition) is 5. The summed E-state index contributed by atoms with van der Waals surface area (Å²) in [4.78, 5) is 33.5. The topological polar surface area (TPSA) is 117 Å². The third-order valence-corrected chi connectivity index (χ3v) is 4.61. The first-order valence-electron chi connectivity index (χ1n) is 9.54. The van der Waals surface area contributed by atoms with E-state index in [1.165, 1.54) is 4.90 Å². The van der Waals surface area contributed by atoms with Crippen molar-refractivity contribution in [2.24, 2.45) is 4.99 Å². The van der Waals surface area contributed by atoms with E-state index in [0.29, 0.717) is 18.4 Å². The number of aliphatic imine (C=N–C) groups is 1. The Balaban J connectivity index is 1.57. The summed E-state index contributed by atoms with van der Waals surface area (Å²) in [7, 11) is 0. The molecular weight excluding hydrogens is 348 g/mol. The van der Waals surface area contributed by atoms with Gasteiger partial charge >= 0.3 is 6.03 Å². The number of hydrogen-bond donors (Lipinski definition) is 3. The van der Waals surface area contributed by atoms with Gasteiger partial charge in [0, 0.05) is 24.9 Å². The Morgan fingerprint density at radius 1 is 1.41 bits per heavy atom. The van der Waals surface area contributed by atoms with Crippen molar-refractivity contribution in [3.63, 3.8) is 0 Å². The van der Waals surface area contributed by atoms with Crippen molar-refractivity contribution in [3.05, 3.63) is 11.6 Å². The normalized spacial score (nSPS) is 20.1. The van der Waals surface area contributed by atoms with Gasteiger partial charge in [-0.2, -0.15) is 5.10 Å². The number of guanidine groups is 1. The lowest BCUT2D eigenvalue weighted by molar-refractivity contribution is -0.124. The van der Waals surface area contributed by atoms with E-state index < -0.39 is 0 Å². The van der Waals surface area contributed by atoms with Crippen LogP contribution in [0.2, 0.25) is 0 Å². The number of nitrogens with zero attached hydrogens (tertiary/aromatic N) is 5. The maximum Gasteiger partial charge on any atom is 0.324 e. The summed E-state index contributed by atoms with van der Waals surface area (Å²) in [5.74, 6) is 2.72. The van der Waals surface area contributed by atoms with Gasteiger partial charge in [-0.3, -0.25) is 14.7 Å². The maximum atomic E-state index is 11.6. The zero-order chi connectivity index (χ0) is 19.4. The molecule has 1 unspecified atom stereocenters. The van der Waals surface area contributed by atoms with Gasteiger partial charge in [0.25, 0.3) is 0 Å². The third kappa shape index (κ3) is 4.55. The fourth-order valence-corrected chi connectivity index (χ4v) is 3.15. The summed E-state index contributed by atoms with van der Waals surface area (Å²) < 4.78 is 1.98. The number of carbonyl (C=O) groups excluding carboxylic acids is 2. The number of rotatable bonds is 6. The predicted molar refractivity (Wildman–Crippen MR) is 100 cm³/mol. The molecule has 3 rings (SSSR count). The van der Waals surface area contributed by atoms with E-state index in [9.17, 15) is 9.59 Å². The molecule has 2 aliphatic rings. The second-order valence-corrected chi connectivity index (χ2v) is 7.07. The molecule has 1 fully saturated rings. The standard InChI is InChI=1S/C17H28N8O2/c1-4-18-16(19-7-8-24-14(26)9-20-17(24)27)21-12-5-6-13-22-15(11(2)3)23-25(13)10-12/h11-12H,4-10H2,1-3H3,(H,20,27)(H2,18,19,21). The van der Waals surface area contributed by atoms with Gasteiger partial charge in [0.2, 0.25) is 5.91 Å². The van der Waals surface area contributed by atoms with Crippen LogP contribution in [0, 0.1) is 0 Å². The molecule has 27 heavy (non-hydrogen) atoms. The molecule has 3 amide bonds. The van der Waals surface area contributed by atoms with Gasteiger partial charge in [-0.25, -0.2) is 14.5 Å². The molecule has 0 saturated carbocycles. The van der Waals surface area contributed by atoms with Crippen LogP contribution in [0.5, 0.6) is 0 Å². The lowest BCUT2D eigenvalue weighted by Gasteiger charge is -2.25. The molecule has 0 radical (unpaired) electrons. The molecule has 0 aromatic carbocycles. The number of carbonyl (C=O) groups is 2. The van der Waals surface area contributed by atoms with Gasteiger partial charge in [-0.1, -0.05) is 13.8 Å². The SMILES string of the molecule is CCNC(=NCCN1C(=O)CNC1=O)NC1CCc2nc(C(C)C)nn2C1. The second kappa shape index (κ2) is 8.36. The fourth-order valence-electron chi connectivity index (χ4n) is 3.15. The number of fused-ring (bicyclic) bond motifs is 1. The van der Waals surface area contributed by atoms with Gasteiger partial charge in [-0.05, 0) is 13.3 Å². The number of aryl methyl sites for hydroxylation is 1. The number of nitrogens with one attached hydrogen (secondary N) is 3. The summed E-state index contributed by atoms with van der Waals surface area (Å²) >= 11 is 0. The van der Waals surface area contributed by atoms with Gasteiger partial charge in [0.1, 0.15) is 5.82 Å². The minimum Gasteiger partial charge on any atom is -0.357 e. The average molecular weight is 376 g/mol. The molecule has 1 saturated heterocycles. The first-order chi connectivity index (χ1) is 13.0. The number of imide groups is 1. The van der Waals surface area contributed by atoms with Crippen LogP contribution in [0.3, 0.4) is 0 Å².